The van der Waals surface area contributed by atoms with Gasteiger partial charge in [0.2, 0.25) is 0 Å². The van der Waals surface area contributed by atoms with Crippen LogP contribution in [0.5, 0.6) is 0 Å². The van der Waals surface area contributed by atoms with Crippen LogP contribution in [0.15, 0.2) is 0 Å². The van der Waals surface area contributed by atoms with Gasteiger partial charge in [0, 0.05) is 13.0 Å². The summed E-state index contributed by atoms with van der Waals surface area (Å²) in [6, 6.07) is 0. The van der Waals surface area contributed by atoms with E-state index in [9.17, 15) is 4.79 Å². The molecular formula is C11H19N3O2. The van der Waals surface area contributed by atoms with Crippen molar-refractivity contribution in [1.29, 1.82) is 0 Å². The Balaban J connectivity index is 2.83. The molecule has 0 aliphatic heterocycles. The Morgan fingerprint density at radius 3 is 2.56 bits per heavy atom. The molecule has 5 heteroatoms. The van der Waals surface area contributed by atoms with Crippen molar-refractivity contribution < 1.29 is 9.90 Å². The van der Waals surface area contributed by atoms with Crippen LogP contribution in [0.1, 0.15) is 38.8 Å². The predicted molar refractivity (Wildman–Crippen MR) is 60.2 cm³/mol. The second-order valence-corrected chi connectivity index (χ2v) is 4.82. The van der Waals surface area contributed by atoms with E-state index in [0.29, 0.717) is 6.42 Å². The first-order valence-electron chi connectivity index (χ1n) is 5.46. The zero-order valence-electron chi connectivity index (χ0n) is 10.3. The maximum Gasteiger partial charge on any atom is 0.303 e. The average molecular weight is 225 g/mol. The molecule has 0 fully saturated rings. The molecule has 0 spiro atoms. The van der Waals surface area contributed by atoms with Crippen molar-refractivity contribution in [3.8, 4) is 0 Å². The fraction of sp³-hybridized carbons (Fsp3) is 0.727. The van der Waals surface area contributed by atoms with Crippen molar-refractivity contribution in [3.05, 3.63) is 11.6 Å². The minimum atomic E-state index is -0.774. The van der Waals surface area contributed by atoms with Gasteiger partial charge >= 0.3 is 5.97 Å². The van der Waals surface area contributed by atoms with Crippen molar-refractivity contribution in [1.82, 2.24) is 14.8 Å². The number of aromatic nitrogens is 3. The van der Waals surface area contributed by atoms with Crippen LogP contribution < -0.4 is 0 Å². The van der Waals surface area contributed by atoms with Crippen LogP contribution in [0.2, 0.25) is 0 Å². The number of carbonyl (C=O) groups is 1. The smallest absolute Gasteiger partial charge is 0.303 e. The molecule has 16 heavy (non-hydrogen) atoms. The topological polar surface area (TPSA) is 68.0 Å². The van der Waals surface area contributed by atoms with Crippen molar-refractivity contribution in [2.45, 2.75) is 47.1 Å². The molecule has 1 N–H and O–H groups in total. The van der Waals surface area contributed by atoms with Gasteiger partial charge in [0.15, 0.2) is 0 Å². The van der Waals surface area contributed by atoms with Gasteiger partial charge in [-0.2, -0.15) is 0 Å². The normalized spacial score (nSPS) is 11.8. The lowest BCUT2D eigenvalue weighted by Gasteiger charge is -2.21. The highest BCUT2D eigenvalue weighted by Gasteiger charge is 2.25. The van der Waals surface area contributed by atoms with Crippen LogP contribution in [0.3, 0.4) is 0 Å². The second kappa shape index (κ2) is 4.63. The molecule has 0 saturated carbocycles. The summed E-state index contributed by atoms with van der Waals surface area (Å²) >= 11 is 0. The Morgan fingerprint density at radius 1 is 1.44 bits per heavy atom. The second-order valence-electron chi connectivity index (χ2n) is 4.82. The molecular weight excluding hydrogens is 206 g/mol. The summed E-state index contributed by atoms with van der Waals surface area (Å²) in [5.74, 6) is 0.971. The van der Waals surface area contributed by atoms with E-state index in [1.54, 1.807) is 0 Å². The molecule has 0 atom stereocenters. The Labute approximate surface area is 95.5 Å². The van der Waals surface area contributed by atoms with Gasteiger partial charge in [0.1, 0.15) is 11.6 Å². The molecule has 1 aromatic rings. The first-order valence-corrected chi connectivity index (χ1v) is 5.46. The fourth-order valence-electron chi connectivity index (χ4n) is 1.87. The molecule has 1 rings (SSSR count). The highest BCUT2D eigenvalue weighted by atomic mass is 16.4. The summed E-state index contributed by atoms with van der Waals surface area (Å²) in [5.41, 5.74) is -0.293. The summed E-state index contributed by atoms with van der Waals surface area (Å²) in [7, 11) is 0. The van der Waals surface area contributed by atoms with Crippen LogP contribution >= 0.6 is 0 Å². The molecule has 90 valence electrons. The van der Waals surface area contributed by atoms with Gasteiger partial charge in [0.25, 0.3) is 0 Å². The molecule has 0 aliphatic carbocycles. The van der Waals surface area contributed by atoms with E-state index in [4.69, 9.17) is 5.11 Å². The van der Waals surface area contributed by atoms with Gasteiger partial charge in [-0.1, -0.05) is 13.8 Å². The number of carboxylic acids is 1. The third kappa shape index (κ3) is 3.05. The molecule has 0 amide bonds. The van der Waals surface area contributed by atoms with Crippen molar-refractivity contribution in [2.24, 2.45) is 5.41 Å². The van der Waals surface area contributed by atoms with Crippen LogP contribution in [-0.4, -0.2) is 25.8 Å². The molecule has 0 unspecified atom stereocenters. The summed E-state index contributed by atoms with van der Waals surface area (Å²) in [6.45, 7) is 8.63. The van der Waals surface area contributed by atoms with E-state index in [2.05, 4.69) is 10.2 Å². The minimum Gasteiger partial charge on any atom is -0.481 e. The Hall–Kier alpha value is -1.39. The molecule has 0 aromatic carbocycles. The van der Waals surface area contributed by atoms with Gasteiger partial charge in [-0.15, -0.1) is 10.2 Å². The van der Waals surface area contributed by atoms with Gasteiger partial charge < -0.3 is 9.67 Å². The lowest BCUT2D eigenvalue weighted by molar-refractivity contribution is -0.139. The van der Waals surface area contributed by atoms with E-state index in [0.717, 1.165) is 18.2 Å². The van der Waals surface area contributed by atoms with Gasteiger partial charge in [-0.25, -0.2) is 0 Å². The lowest BCUT2D eigenvalue weighted by atomic mass is 9.85. The highest BCUT2D eigenvalue weighted by molar-refractivity contribution is 5.67. The summed E-state index contributed by atoms with van der Waals surface area (Å²) in [5, 5.41) is 16.9. The standard InChI is InChI=1S/C11H19N3O2/c1-5-14-8(2)12-13-9(14)6-11(3,4)7-10(15)16/h5-7H2,1-4H3,(H,15,16). The monoisotopic (exact) mass is 225 g/mol. The molecule has 0 bridgehead atoms. The van der Waals surface area contributed by atoms with E-state index >= 15 is 0 Å². The van der Waals surface area contributed by atoms with Gasteiger partial charge in [0.05, 0.1) is 6.42 Å². The zero-order valence-corrected chi connectivity index (χ0v) is 10.3. The number of carboxylic acid groups (broad SMARTS) is 1. The van der Waals surface area contributed by atoms with Crippen molar-refractivity contribution in [3.63, 3.8) is 0 Å². The number of hydrogen-bond acceptors (Lipinski definition) is 3. The Bertz CT molecular complexity index is 383. The maximum atomic E-state index is 10.7. The third-order valence-corrected chi connectivity index (χ3v) is 2.60. The van der Waals surface area contributed by atoms with Crippen LogP contribution in [0, 0.1) is 12.3 Å². The predicted octanol–water partition coefficient (Wildman–Crippen LogP) is 1.65. The minimum absolute atomic E-state index is 0.141. The van der Waals surface area contributed by atoms with E-state index < -0.39 is 5.97 Å². The summed E-state index contributed by atoms with van der Waals surface area (Å²) in [4.78, 5) is 10.7. The van der Waals surface area contributed by atoms with Crippen LogP contribution in [-0.2, 0) is 17.8 Å². The number of rotatable bonds is 5. The molecule has 1 heterocycles. The Kier molecular flexibility index (Phi) is 3.67. The molecule has 5 nitrogen and oxygen atoms in total. The number of aliphatic carboxylic acids is 1. The van der Waals surface area contributed by atoms with Crippen molar-refractivity contribution >= 4 is 5.97 Å². The first-order chi connectivity index (χ1) is 7.35. The Morgan fingerprint density at radius 2 is 2.06 bits per heavy atom. The third-order valence-electron chi connectivity index (χ3n) is 2.60. The SMILES string of the molecule is CCn1c(C)nnc1CC(C)(C)CC(=O)O. The first kappa shape index (κ1) is 12.7. The quantitative estimate of drug-likeness (QED) is 0.827. The van der Waals surface area contributed by atoms with Crippen molar-refractivity contribution in [2.75, 3.05) is 0 Å². The molecule has 0 aliphatic rings. The van der Waals surface area contributed by atoms with Crippen LogP contribution in [0.25, 0.3) is 0 Å². The number of nitrogens with zero attached hydrogens (tertiary/aromatic N) is 3. The number of hydrogen-bond donors (Lipinski definition) is 1. The maximum absolute atomic E-state index is 10.7. The van der Waals surface area contributed by atoms with E-state index in [1.165, 1.54) is 0 Å². The molecule has 0 radical (unpaired) electrons. The fourth-order valence-corrected chi connectivity index (χ4v) is 1.87. The van der Waals surface area contributed by atoms with Gasteiger partial charge in [-0.05, 0) is 19.3 Å². The summed E-state index contributed by atoms with van der Waals surface area (Å²) in [6.07, 6.45) is 0.774. The lowest BCUT2D eigenvalue weighted by Crippen LogP contribution is -2.22. The average Bonchev–Trinajstić information content (AvgIpc) is 2.43. The molecule has 1 aromatic heterocycles. The number of aryl methyl sites for hydroxylation is 1. The largest absolute Gasteiger partial charge is 0.481 e. The molecule has 0 saturated heterocycles. The van der Waals surface area contributed by atoms with E-state index in [1.807, 2.05) is 32.3 Å². The van der Waals surface area contributed by atoms with E-state index in [-0.39, 0.29) is 11.8 Å². The highest BCUT2D eigenvalue weighted by Crippen LogP contribution is 2.25. The van der Waals surface area contributed by atoms with Crippen LogP contribution in [0.4, 0.5) is 0 Å². The zero-order chi connectivity index (χ0) is 12.3. The summed E-state index contributed by atoms with van der Waals surface area (Å²) < 4.78 is 2.02. The van der Waals surface area contributed by atoms with Gasteiger partial charge in [-0.3, -0.25) is 4.79 Å².